The third-order valence-corrected chi connectivity index (χ3v) is 2.84. The van der Waals surface area contributed by atoms with E-state index in [2.05, 4.69) is 56.4 Å². The molecule has 0 bridgehead atoms. The van der Waals surface area contributed by atoms with Gasteiger partial charge in [0.2, 0.25) is 0 Å². The molecule has 1 heteroatoms. The Balaban J connectivity index is 2.56. The summed E-state index contributed by atoms with van der Waals surface area (Å²) >= 11 is 0. The van der Waals surface area contributed by atoms with E-state index in [0.717, 1.165) is 19.0 Å². The Labute approximate surface area is 100 Å². The first-order chi connectivity index (χ1) is 7.74. The van der Waals surface area contributed by atoms with E-state index in [-0.39, 0.29) is 0 Å². The molecule has 1 atom stereocenters. The van der Waals surface area contributed by atoms with Crippen LogP contribution in [-0.4, -0.2) is 13.1 Å². The summed E-state index contributed by atoms with van der Waals surface area (Å²) in [5.74, 6) is 1.42. The van der Waals surface area contributed by atoms with Crippen molar-refractivity contribution in [2.45, 2.75) is 39.5 Å². The van der Waals surface area contributed by atoms with Gasteiger partial charge < -0.3 is 5.32 Å². The predicted molar refractivity (Wildman–Crippen MR) is 71.8 cm³/mol. The van der Waals surface area contributed by atoms with Gasteiger partial charge in [-0.25, -0.2) is 0 Å². The lowest BCUT2D eigenvalue weighted by Crippen LogP contribution is -2.23. The fourth-order valence-electron chi connectivity index (χ4n) is 2.08. The van der Waals surface area contributed by atoms with Gasteiger partial charge in [0.15, 0.2) is 0 Å². The summed E-state index contributed by atoms with van der Waals surface area (Å²) in [7, 11) is 0. The van der Waals surface area contributed by atoms with E-state index >= 15 is 0 Å². The molecule has 1 unspecified atom stereocenters. The molecule has 0 saturated heterocycles. The van der Waals surface area contributed by atoms with Crippen molar-refractivity contribution in [3.05, 3.63) is 35.9 Å². The molecule has 0 fully saturated rings. The maximum absolute atomic E-state index is 3.54. The van der Waals surface area contributed by atoms with Crippen LogP contribution in [0.1, 0.15) is 45.1 Å². The highest BCUT2D eigenvalue weighted by Crippen LogP contribution is 2.22. The standard InChI is InChI=1S/C15H25N/c1-4-10-16-12-15(11-13(2)3)14-8-6-5-7-9-14/h5-9,13,15-16H,4,10-12H2,1-3H3. The molecule has 0 aliphatic heterocycles. The highest BCUT2D eigenvalue weighted by Gasteiger charge is 2.12. The second-order valence-corrected chi connectivity index (χ2v) is 4.94. The fraction of sp³-hybridized carbons (Fsp3) is 0.600. The van der Waals surface area contributed by atoms with Crippen LogP contribution < -0.4 is 5.32 Å². The quantitative estimate of drug-likeness (QED) is 0.687. The summed E-state index contributed by atoms with van der Waals surface area (Å²) in [6, 6.07) is 10.9. The van der Waals surface area contributed by atoms with E-state index < -0.39 is 0 Å². The first kappa shape index (κ1) is 13.2. The Hall–Kier alpha value is -0.820. The average Bonchev–Trinajstić information content (AvgIpc) is 2.29. The first-order valence-electron chi connectivity index (χ1n) is 6.49. The summed E-state index contributed by atoms with van der Waals surface area (Å²) in [5.41, 5.74) is 1.47. The van der Waals surface area contributed by atoms with Crippen molar-refractivity contribution in [1.29, 1.82) is 0 Å². The molecular formula is C15H25N. The zero-order chi connectivity index (χ0) is 11.8. The monoisotopic (exact) mass is 219 g/mol. The van der Waals surface area contributed by atoms with Crippen LogP contribution in [0.4, 0.5) is 0 Å². The number of rotatable bonds is 7. The Kier molecular flexibility index (Phi) is 6.17. The molecule has 0 spiro atoms. The lowest BCUT2D eigenvalue weighted by atomic mass is 9.90. The van der Waals surface area contributed by atoms with Crippen molar-refractivity contribution in [2.24, 2.45) is 5.92 Å². The highest BCUT2D eigenvalue weighted by atomic mass is 14.8. The van der Waals surface area contributed by atoms with Crippen molar-refractivity contribution in [2.75, 3.05) is 13.1 Å². The lowest BCUT2D eigenvalue weighted by molar-refractivity contribution is 0.470. The SMILES string of the molecule is CCCNCC(CC(C)C)c1ccccc1. The molecule has 0 amide bonds. The molecule has 16 heavy (non-hydrogen) atoms. The first-order valence-corrected chi connectivity index (χ1v) is 6.49. The van der Waals surface area contributed by atoms with E-state index in [1.807, 2.05) is 0 Å². The predicted octanol–water partition coefficient (Wildman–Crippen LogP) is 3.82. The van der Waals surface area contributed by atoms with Crippen LogP contribution >= 0.6 is 0 Å². The van der Waals surface area contributed by atoms with Crippen molar-refractivity contribution < 1.29 is 0 Å². The van der Waals surface area contributed by atoms with Crippen LogP contribution in [0.15, 0.2) is 30.3 Å². The lowest BCUT2D eigenvalue weighted by Gasteiger charge is -2.20. The van der Waals surface area contributed by atoms with Crippen molar-refractivity contribution in [3.63, 3.8) is 0 Å². The fourth-order valence-corrected chi connectivity index (χ4v) is 2.08. The van der Waals surface area contributed by atoms with Gasteiger partial charge in [-0.2, -0.15) is 0 Å². The second-order valence-electron chi connectivity index (χ2n) is 4.94. The molecule has 1 nitrogen and oxygen atoms in total. The molecule has 1 N–H and O–H groups in total. The zero-order valence-electron chi connectivity index (χ0n) is 10.9. The van der Waals surface area contributed by atoms with Gasteiger partial charge in [0, 0.05) is 6.54 Å². The number of benzene rings is 1. The Morgan fingerprint density at radius 3 is 2.38 bits per heavy atom. The molecule has 1 rings (SSSR count). The smallest absolute Gasteiger partial charge is 0.00202 e. The second kappa shape index (κ2) is 7.45. The van der Waals surface area contributed by atoms with Gasteiger partial charge in [0.05, 0.1) is 0 Å². The van der Waals surface area contributed by atoms with Gasteiger partial charge in [-0.3, -0.25) is 0 Å². The van der Waals surface area contributed by atoms with Crippen LogP contribution in [0.3, 0.4) is 0 Å². The molecule has 0 aliphatic carbocycles. The largest absolute Gasteiger partial charge is 0.316 e. The van der Waals surface area contributed by atoms with Gasteiger partial charge in [0.1, 0.15) is 0 Å². The topological polar surface area (TPSA) is 12.0 Å². The van der Waals surface area contributed by atoms with E-state index in [4.69, 9.17) is 0 Å². The van der Waals surface area contributed by atoms with Crippen molar-refractivity contribution in [3.8, 4) is 0 Å². The highest BCUT2D eigenvalue weighted by molar-refractivity contribution is 5.19. The number of nitrogens with one attached hydrogen (secondary N) is 1. The minimum atomic E-state index is 0.660. The van der Waals surface area contributed by atoms with E-state index in [0.29, 0.717) is 5.92 Å². The van der Waals surface area contributed by atoms with E-state index in [9.17, 15) is 0 Å². The molecule has 90 valence electrons. The summed E-state index contributed by atoms with van der Waals surface area (Å²) in [6.45, 7) is 9.05. The van der Waals surface area contributed by atoms with Crippen LogP contribution in [-0.2, 0) is 0 Å². The van der Waals surface area contributed by atoms with Crippen LogP contribution in [0.25, 0.3) is 0 Å². The maximum atomic E-state index is 3.54. The third kappa shape index (κ3) is 4.80. The number of hydrogen-bond donors (Lipinski definition) is 1. The Morgan fingerprint density at radius 1 is 1.12 bits per heavy atom. The summed E-state index contributed by atoms with van der Waals surface area (Å²) in [4.78, 5) is 0. The van der Waals surface area contributed by atoms with Crippen LogP contribution in [0.5, 0.6) is 0 Å². The third-order valence-electron chi connectivity index (χ3n) is 2.84. The molecule has 1 aromatic rings. The Bertz CT molecular complexity index is 266. The normalized spacial score (nSPS) is 13.0. The van der Waals surface area contributed by atoms with Gasteiger partial charge in [-0.15, -0.1) is 0 Å². The minimum absolute atomic E-state index is 0.660. The molecule has 1 aromatic carbocycles. The van der Waals surface area contributed by atoms with E-state index in [1.165, 1.54) is 18.4 Å². The van der Waals surface area contributed by atoms with Crippen LogP contribution in [0, 0.1) is 5.92 Å². The molecule has 0 aliphatic rings. The molecule has 0 heterocycles. The average molecular weight is 219 g/mol. The molecule has 0 saturated carbocycles. The minimum Gasteiger partial charge on any atom is -0.316 e. The van der Waals surface area contributed by atoms with Gasteiger partial charge in [-0.05, 0) is 36.8 Å². The van der Waals surface area contributed by atoms with E-state index in [1.54, 1.807) is 0 Å². The molecular weight excluding hydrogens is 194 g/mol. The van der Waals surface area contributed by atoms with Gasteiger partial charge >= 0.3 is 0 Å². The zero-order valence-corrected chi connectivity index (χ0v) is 10.9. The van der Waals surface area contributed by atoms with Crippen LogP contribution in [0.2, 0.25) is 0 Å². The summed E-state index contributed by atoms with van der Waals surface area (Å²) in [5, 5.41) is 3.54. The number of hydrogen-bond acceptors (Lipinski definition) is 1. The maximum Gasteiger partial charge on any atom is 0.00202 e. The molecule has 0 radical (unpaired) electrons. The van der Waals surface area contributed by atoms with Gasteiger partial charge in [-0.1, -0.05) is 51.1 Å². The molecule has 0 aromatic heterocycles. The van der Waals surface area contributed by atoms with Gasteiger partial charge in [0.25, 0.3) is 0 Å². The van der Waals surface area contributed by atoms with Crippen molar-refractivity contribution in [1.82, 2.24) is 5.32 Å². The Morgan fingerprint density at radius 2 is 1.81 bits per heavy atom. The van der Waals surface area contributed by atoms with Crippen molar-refractivity contribution >= 4 is 0 Å². The summed E-state index contributed by atoms with van der Waals surface area (Å²) in [6.07, 6.45) is 2.48. The summed E-state index contributed by atoms with van der Waals surface area (Å²) < 4.78 is 0.